The van der Waals surface area contributed by atoms with Crippen molar-refractivity contribution in [3.8, 4) is 22.5 Å². The van der Waals surface area contributed by atoms with Crippen molar-refractivity contribution in [2.45, 2.75) is 32.1 Å². The molecule has 0 aliphatic carbocycles. The summed E-state index contributed by atoms with van der Waals surface area (Å²) in [7, 11) is 1.49. The fourth-order valence-corrected chi connectivity index (χ4v) is 5.14. The Morgan fingerprint density at radius 3 is 2.75 bits per heavy atom. The third-order valence-electron chi connectivity index (χ3n) is 6.99. The third-order valence-corrected chi connectivity index (χ3v) is 6.99. The number of cyclic esters (lactones) is 1. The highest BCUT2D eigenvalue weighted by Crippen LogP contribution is 2.43. The van der Waals surface area contributed by atoms with Gasteiger partial charge in [0.15, 0.2) is 5.60 Å². The molecular weight excluding hydrogens is 460 g/mol. The molecule has 4 aromatic rings. The number of carbonyl (C=O) groups excluding carboxylic acids is 1. The number of fused-ring (bicyclic) bond motifs is 5. The van der Waals surface area contributed by atoms with Crippen LogP contribution in [0.2, 0.25) is 0 Å². The van der Waals surface area contributed by atoms with Crippen molar-refractivity contribution in [3.05, 3.63) is 81.4 Å². The van der Waals surface area contributed by atoms with Gasteiger partial charge in [-0.3, -0.25) is 9.78 Å². The minimum atomic E-state index is -1.87. The Balaban J connectivity index is 1.66. The first kappa shape index (κ1) is 22.1. The van der Waals surface area contributed by atoms with E-state index in [9.17, 15) is 14.7 Å². The van der Waals surface area contributed by atoms with Crippen LogP contribution in [0, 0.1) is 0 Å². The lowest BCUT2D eigenvalue weighted by atomic mass is 9.86. The smallest absolute Gasteiger partial charge is 0.343 e. The molecule has 5 heterocycles. The maximum atomic E-state index is 13.6. The molecule has 2 aliphatic heterocycles. The van der Waals surface area contributed by atoms with E-state index in [-0.39, 0.29) is 18.6 Å². The lowest BCUT2D eigenvalue weighted by Gasteiger charge is -2.31. The summed E-state index contributed by atoms with van der Waals surface area (Å²) in [5.41, 5.74) is 3.96. The molecule has 6 rings (SSSR count). The highest BCUT2D eigenvalue weighted by Gasteiger charge is 2.45. The van der Waals surface area contributed by atoms with E-state index in [1.54, 1.807) is 36.2 Å². The summed E-state index contributed by atoms with van der Waals surface area (Å²) in [6.07, 6.45) is 5.16. The molecule has 0 amide bonds. The average Bonchev–Trinajstić information content (AvgIpc) is 3.27. The average molecular weight is 482 g/mol. The molecular formula is C27H22N4O5. The Kier molecular flexibility index (Phi) is 4.97. The number of aromatic nitrogens is 3. The van der Waals surface area contributed by atoms with E-state index in [4.69, 9.17) is 14.6 Å². The predicted molar refractivity (Wildman–Crippen MR) is 132 cm³/mol. The highest BCUT2D eigenvalue weighted by molar-refractivity contribution is 6.02. The molecule has 36 heavy (non-hydrogen) atoms. The molecule has 2 aliphatic rings. The van der Waals surface area contributed by atoms with E-state index in [1.807, 2.05) is 30.3 Å². The molecule has 1 N–H and O–H groups in total. The van der Waals surface area contributed by atoms with Gasteiger partial charge < -0.3 is 19.2 Å². The predicted octanol–water partition coefficient (Wildman–Crippen LogP) is 3.12. The molecule has 0 spiro atoms. The number of benzene rings is 1. The van der Waals surface area contributed by atoms with E-state index in [2.05, 4.69) is 10.1 Å². The second-order valence-corrected chi connectivity index (χ2v) is 8.85. The number of nitrogens with zero attached hydrogens (tertiary/aromatic N) is 4. The molecule has 0 radical (unpaired) electrons. The minimum absolute atomic E-state index is 0.0911. The zero-order chi connectivity index (χ0) is 25.0. The van der Waals surface area contributed by atoms with Crippen LogP contribution in [0.4, 0.5) is 0 Å². The molecule has 9 heteroatoms. The second-order valence-electron chi connectivity index (χ2n) is 8.85. The summed E-state index contributed by atoms with van der Waals surface area (Å²) in [6.45, 7) is 1.82. The van der Waals surface area contributed by atoms with E-state index < -0.39 is 11.6 Å². The van der Waals surface area contributed by atoms with Crippen LogP contribution in [-0.4, -0.2) is 38.9 Å². The number of carbonyl (C=O) groups is 1. The first-order valence-corrected chi connectivity index (χ1v) is 11.6. The van der Waals surface area contributed by atoms with E-state index in [0.29, 0.717) is 29.1 Å². The standard InChI is InChI=1S/C27H22N4O5/c1-3-27(34)20-11-22-24-18(13-31(22)25(32)19(20)14-36-26(27)33)23(16-6-8-28-9-7-16)17-10-15(12-29-35-2)4-5-21(17)30-24/h4-12,34H,3,13-14H2,1-2H3/t27-/m0/s1. The van der Waals surface area contributed by atoms with Gasteiger partial charge in [0, 0.05) is 28.9 Å². The summed E-state index contributed by atoms with van der Waals surface area (Å²) in [4.78, 5) is 40.0. The molecule has 0 saturated heterocycles. The fraction of sp³-hybridized carbons (Fsp3) is 0.222. The molecule has 3 aromatic heterocycles. The van der Waals surface area contributed by atoms with Gasteiger partial charge in [0.2, 0.25) is 0 Å². The van der Waals surface area contributed by atoms with Gasteiger partial charge in [0.1, 0.15) is 13.7 Å². The molecule has 180 valence electrons. The van der Waals surface area contributed by atoms with Gasteiger partial charge in [-0.1, -0.05) is 18.1 Å². The van der Waals surface area contributed by atoms with Crippen LogP contribution in [-0.2, 0) is 33.1 Å². The lowest BCUT2D eigenvalue weighted by molar-refractivity contribution is -0.172. The Bertz CT molecular complexity index is 1640. The Hall–Kier alpha value is -4.37. The van der Waals surface area contributed by atoms with Crippen molar-refractivity contribution < 1.29 is 19.5 Å². The van der Waals surface area contributed by atoms with Crippen LogP contribution < -0.4 is 5.56 Å². The SMILES string of the molecule is CC[C@@]1(O)C(=O)OCc2c1cc1n(c2=O)Cc2c-1nc1ccc(C=NOC)cc1c2-c1ccncc1. The van der Waals surface area contributed by atoms with Crippen LogP contribution in [0.5, 0.6) is 0 Å². The number of ether oxygens (including phenoxy) is 1. The first-order valence-electron chi connectivity index (χ1n) is 11.6. The van der Waals surface area contributed by atoms with Gasteiger partial charge >= 0.3 is 5.97 Å². The Morgan fingerprint density at radius 2 is 2.00 bits per heavy atom. The van der Waals surface area contributed by atoms with Gasteiger partial charge in [-0.25, -0.2) is 9.78 Å². The zero-order valence-electron chi connectivity index (χ0n) is 19.7. The Labute approximate surface area is 205 Å². The third kappa shape index (κ3) is 3.09. The van der Waals surface area contributed by atoms with E-state index in [1.165, 1.54) is 7.11 Å². The minimum Gasteiger partial charge on any atom is -0.458 e. The Morgan fingerprint density at radius 1 is 1.19 bits per heavy atom. The van der Waals surface area contributed by atoms with Crippen LogP contribution in [0.1, 0.15) is 35.6 Å². The van der Waals surface area contributed by atoms with E-state index >= 15 is 0 Å². The monoisotopic (exact) mass is 482 g/mol. The molecule has 1 atom stereocenters. The number of esters is 1. The van der Waals surface area contributed by atoms with Gasteiger partial charge in [-0.15, -0.1) is 0 Å². The van der Waals surface area contributed by atoms with Crippen LogP contribution in [0.25, 0.3) is 33.4 Å². The normalized spacial score (nSPS) is 18.1. The maximum absolute atomic E-state index is 13.6. The second kappa shape index (κ2) is 8.10. The fourth-order valence-electron chi connectivity index (χ4n) is 5.14. The van der Waals surface area contributed by atoms with Crippen molar-refractivity contribution in [2.24, 2.45) is 5.16 Å². The molecule has 0 unspecified atom stereocenters. The number of aliphatic hydroxyl groups is 1. The van der Waals surface area contributed by atoms with Gasteiger partial charge in [-0.05, 0) is 53.4 Å². The maximum Gasteiger partial charge on any atom is 0.343 e. The van der Waals surface area contributed by atoms with Gasteiger partial charge in [-0.2, -0.15) is 0 Å². The molecule has 0 bridgehead atoms. The van der Waals surface area contributed by atoms with Crippen molar-refractivity contribution in [1.82, 2.24) is 14.5 Å². The van der Waals surface area contributed by atoms with Gasteiger partial charge in [0.05, 0.1) is 35.2 Å². The molecule has 0 fully saturated rings. The first-order chi connectivity index (χ1) is 17.5. The largest absolute Gasteiger partial charge is 0.458 e. The number of pyridine rings is 3. The summed E-state index contributed by atoms with van der Waals surface area (Å²) in [5, 5.41) is 15.9. The van der Waals surface area contributed by atoms with Crippen LogP contribution >= 0.6 is 0 Å². The van der Waals surface area contributed by atoms with Crippen molar-refractivity contribution in [2.75, 3.05) is 7.11 Å². The zero-order valence-corrected chi connectivity index (χ0v) is 19.7. The quantitative estimate of drug-likeness (QED) is 0.238. The number of hydrogen-bond donors (Lipinski definition) is 1. The number of oxime groups is 1. The number of hydrogen-bond acceptors (Lipinski definition) is 8. The summed E-state index contributed by atoms with van der Waals surface area (Å²) < 4.78 is 6.82. The highest BCUT2D eigenvalue weighted by atomic mass is 16.6. The van der Waals surface area contributed by atoms with E-state index in [0.717, 1.165) is 33.2 Å². The topological polar surface area (TPSA) is 116 Å². The van der Waals surface area contributed by atoms with Crippen molar-refractivity contribution >= 4 is 23.1 Å². The van der Waals surface area contributed by atoms with Crippen LogP contribution in [0.15, 0.2) is 58.7 Å². The van der Waals surface area contributed by atoms with Gasteiger partial charge in [0.25, 0.3) is 5.56 Å². The van der Waals surface area contributed by atoms with Crippen molar-refractivity contribution in [1.29, 1.82) is 0 Å². The molecule has 0 saturated carbocycles. The van der Waals surface area contributed by atoms with Crippen molar-refractivity contribution in [3.63, 3.8) is 0 Å². The summed E-state index contributed by atoms with van der Waals surface area (Å²) in [5.74, 6) is -0.741. The lowest BCUT2D eigenvalue weighted by Crippen LogP contribution is -2.44. The van der Waals surface area contributed by atoms with Crippen LogP contribution in [0.3, 0.4) is 0 Å². The summed E-state index contributed by atoms with van der Waals surface area (Å²) in [6, 6.07) is 11.3. The summed E-state index contributed by atoms with van der Waals surface area (Å²) >= 11 is 0. The molecule has 1 aromatic carbocycles. The molecule has 9 nitrogen and oxygen atoms in total. The number of rotatable bonds is 4.